The van der Waals surface area contributed by atoms with Gasteiger partial charge in [0.1, 0.15) is 5.82 Å². The molecule has 1 saturated heterocycles. The van der Waals surface area contributed by atoms with Crippen LogP contribution in [0.3, 0.4) is 0 Å². The minimum Gasteiger partial charge on any atom is -0.420 e. The smallest absolute Gasteiger partial charge is 0.247 e. The van der Waals surface area contributed by atoms with Crippen molar-refractivity contribution in [1.82, 2.24) is 15.5 Å². The molecule has 1 aromatic carbocycles. The van der Waals surface area contributed by atoms with E-state index < -0.39 is 0 Å². The summed E-state index contributed by atoms with van der Waals surface area (Å²) in [6, 6.07) is 6.02. The Hall–Kier alpha value is -1.75. The first-order valence-corrected chi connectivity index (χ1v) is 5.13. The lowest BCUT2D eigenvalue weighted by molar-refractivity contribution is 0.361. The molecule has 0 saturated carbocycles. The van der Waals surface area contributed by atoms with Crippen molar-refractivity contribution in [2.24, 2.45) is 0 Å². The Kier molecular flexibility index (Phi) is 2.18. The average Bonchev–Trinajstić information content (AvgIpc) is 2.65. The molecular weight excluding hydrogens is 209 g/mol. The maximum Gasteiger partial charge on any atom is 0.247 e. The summed E-state index contributed by atoms with van der Waals surface area (Å²) in [6.45, 7) is 1.76. The summed E-state index contributed by atoms with van der Waals surface area (Å²) in [5, 5.41) is 11.1. The number of hydrogen-bond acceptors (Lipinski definition) is 4. The van der Waals surface area contributed by atoms with Crippen molar-refractivity contribution in [1.29, 1.82) is 0 Å². The summed E-state index contributed by atoms with van der Waals surface area (Å²) in [5.74, 6) is 1.15. The second-order valence-electron chi connectivity index (χ2n) is 3.81. The fraction of sp³-hybridized carbons (Fsp3) is 0.273. The van der Waals surface area contributed by atoms with Crippen molar-refractivity contribution in [3.63, 3.8) is 0 Å². The van der Waals surface area contributed by atoms with Gasteiger partial charge in [-0.3, -0.25) is 0 Å². The molecule has 2 aromatic rings. The average molecular weight is 219 g/mol. The molecule has 0 bridgehead atoms. The van der Waals surface area contributed by atoms with E-state index in [4.69, 9.17) is 4.42 Å². The summed E-state index contributed by atoms with van der Waals surface area (Å²) in [6.07, 6.45) is 0. The fourth-order valence-corrected chi connectivity index (χ4v) is 1.57. The zero-order valence-corrected chi connectivity index (χ0v) is 8.48. The number of nitrogens with zero attached hydrogens (tertiary/aromatic N) is 2. The first-order valence-electron chi connectivity index (χ1n) is 5.13. The molecule has 0 amide bonds. The van der Waals surface area contributed by atoms with Gasteiger partial charge in [0.25, 0.3) is 0 Å². The molecule has 1 N–H and O–H groups in total. The van der Waals surface area contributed by atoms with E-state index in [0.717, 1.165) is 18.7 Å². The number of aromatic nitrogens is 2. The predicted molar refractivity (Wildman–Crippen MR) is 55.3 cm³/mol. The van der Waals surface area contributed by atoms with E-state index in [2.05, 4.69) is 15.5 Å². The molecular formula is C11H10FN3O. The minimum absolute atomic E-state index is 0.272. The second kappa shape index (κ2) is 3.68. The summed E-state index contributed by atoms with van der Waals surface area (Å²) in [5.41, 5.74) is 0.743. The quantitative estimate of drug-likeness (QED) is 0.832. The summed E-state index contributed by atoms with van der Waals surface area (Å²) in [7, 11) is 0. The molecule has 4 nitrogen and oxygen atoms in total. The minimum atomic E-state index is -0.272. The molecule has 82 valence electrons. The molecule has 0 unspecified atom stereocenters. The van der Waals surface area contributed by atoms with Crippen LogP contribution in [0.1, 0.15) is 11.8 Å². The van der Waals surface area contributed by atoms with Gasteiger partial charge in [-0.1, -0.05) is 0 Å². The van der Waals surface area contributed by atoms with Gasteiger partial charge >= 0.3 is 0 Å². The van der Waals surface area contributed by atoms with Crippen molar-refractivity contribution in [2.45, 2.75) is 5.92 Å². The van der Waals surface area contributed by atoms with Crippen LogP contribution >= 0.6 is 0 Å². The van der Waals surface area contributed by atoms with Gasteiger partial charge in [0, 0.05) is 18.7 Å². The van der Waals surface area contributed by atoms with Crippen molar-refractivity contribution in [3.05, 3.63) is 36.0 Å². The first kappa shape index (κ1) is 9.47. The van der Waals surface area contributed by atoms with Crippen LogP contribution in [0.4, 0.5) is 4.39 Å². The standard InChI is InChI=1S/C11H10FN3O/c12-9-3-1-7(2-4-9)10-14-15-11(16-10)8-5-13-6-8/h1-4,8,13H,5-6H2. The number of halogens is 1. The molecule has 2 heterocycles. The molecule has 3 rings (SSSR count). The van der Waals surface area contributed by atoms with Crippen molar-refractivity contribution in [2.75, 3.05) is 13.1 Å². The third-order valence-electron chi connectivity index (χ3n) is 2.66. The third kappa shape index (κ3) is 1.59. The predicted octanol–water partition coefficient (Wildman–Crippen LogP) is 1.56. The van der Waals surface area contributed by atoms with Gasteiger partial charge in [-0.05, 0) is 24.3 Å². The topological polar surface area (TPSA) is 51.0 Å². The van der Waals surface area contributed by atoms with Gasteiger partial charge in [-0.15, -0.1) is 10.2 Å². The third-order valence-corrected chi connectivity index (χ3v) is 2.66. The highest BCUT2D eigenvalue weighted by atomic mass is 19.1. The van der Waals surface area contributed by atoms with Crippen LogP contribution in [0.5, 0.6) is 0 Å². The number of rotatable bonds is 2. The molecule has 16 heavy (non-hydrogen) atoms. The maximum atomic E-state index is 12.7. The highest BCUT2D eigenvalue weighted by Gasteiger charge is 2.24. The van der Waals surface area contributed by atoms with E-state index in [1.54, 1.807) is 12.1 Å². The van der Waals surface area contributed by atoms with Crippen LogP contribution in [-0.4, -0.2) is 23.3 Å². The van der Waals surface area contributed by atoms with Crippen LogP contribution in [-0.2, 0) is 0 Å². The maximum absolute atomic E-state index is 12.7. The van der Waals surface area contributed by atoms with Gasteiger partial charge in [0.2, 0.25) is 11.8 Å². The Balaban J connectivity index is 1.88. The first-order chi connectivity index (χ1) is 7.83. The molecule has 1 aromatic heterocycles. The molecule has 1 aliphatic heterocycles. The van der Waals surface area contributed by atoms with Crippen molar-refractivity contribution >= 4 is 0 Å². The normalized spacial score (nSPS) is 16.1. The van der Waals surface area contributed by atoms with Gasteiger partial charge < -0.3 is 9.73 Å². The highest BCUT2D eigenvalue weighted by Crippen LogP contribution is 2.23. The Morgan fingerprint density at radius 3 is 2.56 bits per heavy atom. The van der Waals surface area contributed by atoms with E-state index in [9.17, 15) is 4.39 Å². The molecule has 1 aliphatic rings. The largest absolute Gasteiger partial charge is 0.420 e. The lowest BCUT2D eigenvalue weighted by Crippen LogP contribution is -2.40. The van der Waals surface area contributed by atoms with E-state index in [0.29, 0.717) is 17.7 Å². The van der Waals surface area contributed by atoms with Crippen molar-refractivity contribution in [3.8, 4) is 11.5 Å². The Labute approximate surface area is 91.5 Å². The molecule has 0 spiro atoms. The van der Waals surface area contributed by atoms with E-state index in [-0.39, 0.29) is 5.82 Å². The Morgan fingerprint density at radius 1 is 1.19 bits per heavy atom. The molecule has 0 aliphatic carbocycles. The monoisotopic (exact) mass is 219 g/mol. The summed E-state index contributed by atoms with van der Waals surface area (Å²) < 4.78 is 18.3. The number of benzene rings is 1. The molecule has 0 radical (unpaired) electrons. The lowest BCUT2D eigenvalue weighted by Gasteiger charge is -2.22. The Bertz CT molecular complexity index is 490. The Morgan fingerprint density at radius 2 is 1.94 bits per heavy atom. The zero-order valence-electron chi connectivity index (χ0n) is 8.48. The number of nitrogens with one attached hydrogen (secondary N) is 1. The second-order valence-corrected chi connectivity index (χ2v) is 3.81. The molecule has 1 fully saturated rings. The van der Waals surface area contributed by atoms with Crippen LogP contribution in [0.15, 0.2) is 28.7 Å². The van der Waals surface area contributed by atoms with E-state index in [1.807, 2.05) is 0 Å². The molecule has 0 atom stereocenters. The summed E-state index contributed by atoms with van der Waals surface area (Å²) in [4.78, 5) is 0. The lowest BCUT2D eigenvalue weighted by atomic mass is 10.0. The SMILES string of the molecule is Fc1ccc(-c2nnc(C3CNC3)o2)cc1. The van der Waals surface area contributed by atoms with Crippen LogP contribution in [0, 0.1) is 5.82 Å². The van der Waals surface area contributed by atoms with Crippen LogP contribution < -0.4 is 5.32 Å². The zero-order chi connectivity index (χ0) is 11.0. The summed E-state index contributed by atoms with van der Waals surface area (Å²) >= 11 is 0. The van der Waals surface area contributed by atoms with Gasteiger partial charge in [-0.25, -0.2) is 4.39 Å². The van der Waals surface area contributed by atoms with Gasteiger partial charge in [-0.2, -0.15) is 0 Å². The van der Waals surface area contributed by atoms with Crippen LogP contribution in [0.2, 0.25) is 0 Å². The van der Waals surface area contributed by atoms with Crippen LogP contribution in [0.25, 0.3) is 11.5 Å². The van der Waals surface area contributed by atoms with Gasteiger partial charge in [0.15, 0.2) is 0 Å². The molecule has 5 heteroatoms. The van der Waals surface area contributed by atoms with E-state index in [1.165, 1.54) is 12.1 Å². The van der Waals surface area contributed by atoms with Crippen molar-refractivity contribution < 1.29 is 8.81 Å². The van der Waals surface area contributed by atoms with E-state index >= 15 is 0 Å². The highest BCUT2D eigenvalue weighted by molar-refractivity contribution is 5.52. The number of hydrogen-bond donors (Lipinski definition) is 1. The fourth-order valence-electron chi connectivity index (χ4n) is 1.57. The van der Waals surface area contributed by atoms with Gasteiger partial charge in [0.05, 0.1) is 5.92 Å².